The van der Waals surface area contributed by atoms with Crippen molar-refractivity contribution in [1.82, 2.24) is 5.16 Å². The Morgan fingerprint density at radius 2 is 1.76 bits per heavy atom. The quantitative estimate of drug-likeness (QED) is 0.423. The molecule has 0 fully saturated rings. The topological polar surface area (TPSA) is 67.6 Å². The number of aryl methyl sites for hydroxylation is 2. The zero-order valence-electron chi connectivity index (χ0n) is 18.2. The van der Waals surface area contributed by atoms with Gasteiger partial charge in [0.25, 0.3) is 5.91 Å². The molecule has 1 aromatic heterocycles. The lowest BCUT2D eigenvalue weighted by atomic mass is 10.0. The van der Waals surface area contributed by atoms with Gasteiger partial charge in [-0.15, -0.1) is 0 Å². The predicted molar refractivity (Wildman–Crippen MR) is 123 cm³/mol. The molecule has 1 aliphatic rings. The third-order valence-electron chi connectivity index (χ3n) is 5.79. The summed E-state index contributed by atoms with van der Waals surface area (Å²) in [5.74, 6) is 0.921. The lowest BCUT2D eigenvalue weighted by Gasteiger charge is -2.38. The van der Waals surface area contributed by atoms with Crippen LogP contribution in [0.3, 0.4) is 0 Å². The fourth-order valence-corrected chi connectivity index (χ4v) is 3.96. The second-order valence-corrected chi connectivity index (χ2v) is 7.90. The molecule has 1 N–H and O–H groups in total. The van der Waals surface area contributed by atoms with Crippen LogP contribution in [0, 0.1) is 19.7 Å². The minimum absolute atomic E-state index is 0.153. The number of hydrogen-bond donors (Lipinski definition) is 1. The van der Waals surface area contributed by atoms with Gasteiger partial charge in [0.15, 0.2) is 0 Å². The molecule has 0 radical (unpaired) electrons. The molecule has 0 unspecified atom stereocenters. The normalized spacial score (nSPS) is 15.2. The van der Waals surface area contributed by atoms with Crippen molar-refractivity contribution in [3.8, 4) is 5.75 Å². The van der Waals surface area contributed by atoms with Crippen LogP contribution in [0.1, 0.15) is 39.1 Å². The second kappa shape index (κ2) is 8.43. The maximum absolute atomic E-state index is 13.5. The average molecular weight is 443 g/mol. The van der Waals surface area contributed by atoms with Crippen molar-refractivity contribution in [3.05, 3.63) is 107 Å². The lowest BCUT2D eigenvalue weighted by Crippen LogP contribution is -2.43. The zero-order chi connectivity index (χ0) is 22.9. The smallest absolute Gasteiger partial charge is 0.262 e. The molecule has 0 aliphatic carbocycles. The van der Waals surface area contributed by atoms with E-state index >= 15 is 0 Å². The van der Waals surface area contributed by atoms with Crippen LogP contribution in [-0.4, -0.2) is 11.1 Å². The molecule has 6 nitrogen and oxygen atoms in total. The molecule has 3 aromatic carbocycles. The monoisotopic (exact) mass is 443 g/mol. The molecular weight excluding hydrogens is 421 g/mol. The van der Waals surface area contributed by atoms with Gasteiger partial charge in [0.05, 0.1) is 16.8 Å². The highest BCUT2D eigenvalue weighted by atomic mass is 19.1. The van der Waals surface area contributed by atoms with Crippen molar-refractivity contribution >= 4 is 17.3 Å². The van der Waals surface area contributed by atoms with E-state index in [0.717, 1.165) is 28.3 Å². The molecule has 0 spiro atoms. The van der Waals surface area contributed by atoms with E-state index in [-0.39, 0.29) is 11.7 Å². The summed E-state index contributed by atoms with van der Waals surface area (Å²) in [6.45, 7) is 4.09. The number of rotatable bonds is 5. The Labute approximate surface area is 190 Å². The van der Waals surface area contributed by atoms with Gasteiger partial charge >= 0.3 is 0 Å². The Bertz CT molecular complexity index is 1280. The number of carbonyl (C=O) groups excluding carboxylic acids is 1. The molecule has 0 saturated heterocycles. The van der Waals surface area contributed by atoms with Gasteiger partial charge in [-0.1, -0.05) is 29.4 Å². The molecule has 1 amide bonds. The number of amides is 1. The standard InChI is InChI=1S/C26H22FN3O3/c1-16-23(17(2)33-29-16)15-32-21-13-7-18(8-14-21)25-28-24-6-4-3-5-22(24)26(31)30(25)20-11-9-19(27)10-12-20/h3-14,25,28H,15H2,1-2H3/t25-/m1/s1. The van der Waals surface area contributed by atoms with Crippen molar-refractivity contribution in [2.24, 2.45) is 0 Å². The van der Waals surface area contributed by atoms with Gasteiger partial charge in [-0.2, -0.15) is 0 Å². The summed E-state index contributed by atoms with van der Waals surface area (Å²) in [4.78, 5) is 15.0. The number of aromatic nitrogens is 1. The summed E-state index contributed by atoms with van der Waals surface area (Å²) < 4.78 is 24.6. The van der Waals surface area contributed by atoms with Crippen LogP contribution in [0.2, 0.25) is 0 Å². The number of fused-ring (bicyclic) bond motifs is 1. The summed E-state index contributed by atoms with van der Waals surface area (Å²) in [5, 5.41) is 7.39. The first kappa shape index (κ1) is 20.8. The van der Waals surface area contributed by atoms with Crippen LogP contribution in [0.5, 0.6) is 5.75 Å². The number of ether oxygens (including phenoxy) is 1. The highest BCUT2D eigenvalue weighted by molar-refractivity contribution is 6.12. The van der Waals surface area contributed by atoms with Crippen LogP contribution in [0.15, 0.2) is 77.3 Å². The van der Waals surface area contributed by atoms with Crippen molar-refractivity contribution < 1.29 is 18.4 Å². The van der Waals surface area contributed by atoms with Crippen molar-refractivity contribution in [2.75, 3.05) is 10.2 Å². The fraction of sp³-hybridized carbons (Fsp3) is 0.154. The van der Waals surface area contributed by atoms with E-state index in [4.69, 9.17) is 9.26 Å². The molecule has 7 heteroatoms. The number of halogens is 1. The summed E-state index contributed by atoms with van der Waals surface area (Å²) >= 11 is 0. The number of anilines is 2. The fourth-order valence-electron chi connectivity index (χ4n) is 3.96. The first-order valence-corrected chi connectivity index (χ1v) is 10.6. The van der Waals surface area contributed by atoms with Gasteiger partial charge in [0, 0.05) is 11.4 Å². The van der Waals surface area contributed by atoms with E-state index in [9.17, 15) is 9.18 Å². The molecular formula is C26H22FN3O3. The molecule has 33 heavy (non-hydrogen) atoms. The zero-order valence-corrected chi connectivity index (χ0v) is 18.2. The number of carbonyl (C=O) groups is 1. The first-order chi connectivity index (χ1) is 16.0. The SMILES string of the molecule is Cc1noc(C)c1COc1ccc([C@@H]2Nc3ccccc3C(=O)N2c2ccc(F)cc2)cc1. The van der Waals surface area contributed by atoms with Crippen LogP contribution in [-0.2, 0) is 6.61 Å². The van der Waals surface area contributed by atoms with Crippen molar-refractivity contribution in [3.63, 3.8) is 0 Å². The van der Waals surface area contributed by atoms with Crippen LogP contribution in [0.4, 0.5) is 15.8 Å². The van der Waals surface area contributed by atoms with Crippen LogP contribution < -0.4 is 15.0 Å². The number of nitrogens with zero attached hydrogens (tertiary/aromatic N) is 2. The number of benzene rings is 3. The van der Waals surface area contributed by atoms with Gasteiger partial charge in [0.2, 0.25) is 0 Å². The Morgan fingerprint density at radius 3 is 2.45 bits per heavy atom. The van der Waals surface area contributed by atoms with E-state index in [1.54, 1.807) is 23.1 Å². The molecule has 0 saturated carbocycles. The van der Waals surface area contributed by atoms with E-state index in [2.05, 4.69) is 10.5 Å². The summed E-state index contributed by atoms with van der Waals surface area (Å²) in [6.07, 6.45) is -0.463. The maximum Gasteiger partial charge on any atom is 0.262 e. The van der Waals surface area contributed by atoms with E-state index in [1.807, 2.05) is 56.3 Å². The Hall–Kier alpha value is -4.13. The third kappa shape index (κ3) is 3.93. The summed E-state index contributed by atoms with van der Waals surface area (Å²) in [5.41, 5.74) is 4.53. The lowest BCUT2D eigenvalue weighted by molar-refractivity contribution is 0.0975. The van der Waals surface area contributed by atoms with Crippen molar-refractivity contribution in [2.45, 2.75) is 26.6 Å². The van der Waals surface area contributed by atoms with Gasteiger partial charge in [0.1, 0.15) is 30.1 Å². The molecule has 1 aliphatic heterocycles. The Morgan fingerprint density at radius 1 is 1.03 bits per heavy atom. The molecule has 4 aromatic rings. The second-order valence-electron chi connectivity index (χ2n) is 7.90. The first-order valence-electron chi connectivity index (χ1n) is 10.6. The van der Waals surface area contributed by atoms with Crippen LogP contribution >= 0.6 is 0 Å². The predicted octanol–water partition coefficient (Wildman–Crippen LogP) is 5.78. The van der Waals surface area contributed by atoms with Gasteiger partial charge < -0.3 is 14.6 Å². The highest BCUT2D eigenvalue weighted by Crippen LogP contribution is 2.37. The van der Waals surface area contributed by atoms with Gasteiger partial charge in [-0.25, -0.2) is 4.39 Å². The van der Waals surface area contributed by atoms with E-state index in [0.29, 0.717) is 23.6 Å². The minimum Gasteiger partial charge on any atom is -0.489 e. The number of para-hydroxylation sites is 1. The van der Waals surface area contributed by atoms with Crippen LogP contribution in [0.25, 0.3) is 0 Å². The molecule has 2 heterocycles. The largest absolute Gasteiger partial charge is 0.489 e. The molecule has 166 valence electrons. The molecule has 5 rings (SSSR count). The molecule has 0 bridgehead atoms. The Balaban J connectivity index is 1.44. The number of hydrogen-bond acceptors (Lipinski definition) is 5. The van der Waals surface area contributed by atoms with Gasteiger partial charge in [-0.3, -0.25) is 9.69 Å². The third-order valence-corrected chi connectivity index (χ3v) is 5.79. The summed E-state index contributed by atoms with van der Waals surface area (Å²) in [6, 6.07) is 20.8. The summed E-state index contributed by atoms with van der Waals surface area (Å²) in [7, 11) is 0. The highest BCUT2D eigenvalue weighted by Gasteiger charge is 2.34. The number of nitrogens with one attached hydrogen (secondary N) is 1. The van der Waals surface area contributed by atoms with Gasteiger partial charge in [-0.05, 0) is 67.9 Å². The Kier molecular flexibility index (Phi) is 5.30. The maximum atomic E-state index is 13.5. The molecule has 1 atom stereocenters. The van der Waals surface area contributed by atoms with E-state index in [1.165, 1.54) is 12.1 Å². The minimum atomic E-state index is -0.463. The van der Waals surface area contributed by atoms with Crippen molar-refractivity contribution in [1.29, 1.82) is 0 Å². The van der Waals surface area contributed by atoms with E-state index < -0.39 is 6.17 Å². The average Bonchev–Trinajstić information content (AvgIpc) is 3.16.